The van der Waals surface area contributed by atoms with Crippen molar-refractivity contribution in [2.45, 2.75) is 65.2 Å². The topological polar surface area (TPSA) is 55.1 Å². The molecule has 112 valence electrons. The van der Waals surface area contributed by atoms with Gasteiger partial charge in [-0.2, -0.15) is 0 Å². The lowest BCUT2D eigenvalue weighted by molar-refractivity contribution is -0.126. The summed E-state index contributed by atoms with van der Waals surface area (Å²) in [4.78, 5) is 12.1. The summed E-state index contributed by atoms with van der Waals surface area (Å²) in [6, 6.07) is 0. The van der Waals surface area contributed by atoms with Crippen LogP contribution < -0.4 is 11.1 Å². The highest BCUT2D eigenvalue weighted by molar-refractivity contribution is 5.78. The number of amides is 1. The first-order valence-electron chi connectivity index (χ1n) is 8.11. The monoisotopic (exact) mass is 268 g/mol. The molecule has 0 aromatic carbocycles. The molecule has 1 aliphatic carbocycles. The van der Waals surface area contributed by atoms with E-state index < -0.39 is 0 Å². The van der Waals surface area contributed by atoms with Crippen LogP contribution >= 0.6 is 0 Å². The maximum Gasteiger partial charge on any atom is 0.223 e. The Balaban J connectivity index is 2.14. The summed E-state index contributed by atoms with van der Waals surface area (Å²) in [5.74, 6) is 1.98. The fourth-order valence-electron chi connectivity index (χ4n) is 3.06. The SMILES string of the molecule is CC(C)CCCCNC(=O)C1CCCC(CCN)C1. The van der Waals surface area contributed by atoms with E-state index in [2.05, 4.69) is 19.2 Å². The van der Waals surface area contributed by atoms with Crippen molar-refractivity contribution < 1.29 is 4.79 Å². The molecule has 1 rings (SSSR count). The number of hydrogen-bond donors (Lipinski definition) is 2. The van der Waals surface area contributed by atoms with Crippen molar-refractivity contribution >= 4 is 5.91 Å². The fraction of sp³-hybridized carbons (Fsp3) is 0.938. The molecule has 0 radical (unpaired) electrons. The number of rotatable bonds is 8. The number of carbonyl (C=O) groups is 1. The minimum absolute atomic E-state index is 0.246. The van der Waals surface area contributed by atoms with Crippen LogP contribution in [0.4, 0.5) is 0 Å². The van der Waals surface area contributed by atoms with E-state index in [0.29, 0.717) is 5.92 Å². The first-order chi connectivity index (χ1) is 9.13. The van der Waals surface area contributed by atoms with Crippen molar-refractivity contribution in [3.8, 4) is 0 Å². The molecular formula is C16H32N2O. The Morgan fingerprint density at radius 3 is 2.79 bits per heavy atom. The zero-order chi connectivity index (χ0) is 14.1. The Morgan fingerprint density at radius 2 is 2.11 bits per heavy atom. The molecule has 0 heterocycles. The van der Waals surface area contributed by atoms with Crippen LogP contribution in [0.1, 0.15) is 65.2 Å². The zero-order valence-corrected chi connectivity index (χ0v) is 12.8. The van der Waals surface area contributed by atoms with Gasteiger partial charge in [0.15, 0.2) is 0 Å². The largest absolute Gasteiger partial charge is 0.356 e. The van der Waals surface area contributed by atoms with Crippen LogP contribution in [0.2, 0.25) is 0 Å². The summed E-state index contributed by atoms with van der Waals surface area (Å²) in [7, 11) is 0. The average Bonchev–Trinajstić information content (AvgIpc) is 2.38. The van der Waals surface area contributed by atoms with E-state index in [9.17, 15) is 4.79 Å². The first-order valence-corrected chi connectivity index (χ1v) is 8.11. The third-order valence-corrected chi connectivity index (χ3v) is 4.24. The molecule has 3 nitrogen and oxygen atoms in total. The van der Waals surface area contributed by atoms with Crippen molar-refractivity contribution in [2.24, 2.45) is 23.5 Å². The zero-order valence-electron chi connectivity index (χ0n) is 12.8. The van der Waals surface area contributed by atoms with Crippen LogP contribution in [0.15, 0.2) is 0 Å². The number of carbonyl (C=O) groups excluding carboxylic acids is 1. The summed E-state index contributed by atoms with van der Waals surface area (Å²) in [5.41, 5.74) is 5.62. The molecule has 19 heavy (non-hydrogen) atoms. The highest BCUT2D eigenvalue weighted by Crippen LogP contribution is 2.30. The van der Waals surface area contributed by atoms with Crippen LogP contribution in [0.3, 0.4) is 0 Å². The number of nitrogens with one attached hydrogen (secondary N) is 1. The highest BCUT2D eigenvalue weighted by atomic mass is 16.1. The Kier molecular flexibility index (Phi) is 8.11. The highest BCUT2D eigenvalue weighted by Gasteiger charge is 2.26. The molecule has 0 aromatic rings. The van der Waals surface area contributed by atoms with Gasteiger partial charge in [0.1, 0.15) is 0 Å². The van der Waals surface area contributed by atoms with Crippen molar-refractivity contribution in [2.75, 3.05) is 13.1 Å². The molecule has 0 aromatic heterocycles. The lowest BCUT2D eigenvalue weighted by Gasteiger charge is -2.28. The summed E-state index contributed by atoms with van der Waals surface area (Å²) in [6.07, 6.45) is 9.25. The van der Waals surface area contributed by atoms with Crippen molar-refractivity contribution in [1.82, 2.24) is 5.32 Å². The molecule has 3 heteroatoms. The van der Waals surface area contributed by atoms with Crippen LogP contribution in [0, 0.1) is 17.8 Å². The number of hydrogen-bond acceptors (Lipinski definition) is 2. The molecule has 1 aliphatic rings. The van der Waals surface area contributed by atoms with Gasteiger partial charge >= 0.3 is 0 Å². The first kappa shape index (κ1) is 16.5. The summed E-state index contributed by atoms with van der Waals surface area (Å²) in [5, 5.41) is 3.12. The second kappa shape index (κ2) is 9.35. The molecule has 2 unspecified atom stereocenters. The number of unbranched alkanes of at least 4 members (excludes halogenated alkanes) is 1. The second-order valence-corrected chi connectivity index (χ2v) is 6.49. The van der Waals surface area contributed by atoms with E-state index in [4.69, 9.17) is 5.73 Å². The van der Waals surface area contributed by atoms with Gasteiger partial charge in [0.05, 0.1) is 0 Å². The Labute approximate surface area is 118 Å². The minimum atomic E-state index is 0.246. The minimum Gasteiger partial charge on any atom is -0.356 e. The average molecular weight is 268 g/mol. The van der Waals surface area contributed by atoms with E-state index in [1.165, 1.54) is 25.7 Å². The van der Waals surface area contributed by atoms with E-state index in [1.807, 2.05) is 0 Å². The Morgan fingerprint density at radius 1 is 1.32 bits per heavy atom. The molecule has 1 fully saturated rings. The third-order valence-electron chi connectivity index (χ3n) is 4.24. The van der Waals surface area contributed by atoms with Crippen LogP contribution in [0.5, 0.6) is 0 Å². The molecule has 0 aliphatic heterocycles. The van der Waals surface area contributed by atoms with E-state index >= 15 is 0 Å². The smallest absolute Gasteiger partial charge is 0.223 e. The van der Waals surface area contributed by atoms with Crippen LogP contribution in [0.25, 0.3) is 0 Å². The second-order valence-electron chi connectivity index (χ2n) is 6.49. The standard InChI is InChI=1S/C16H32N2O/c1-13(2)6-3-4-11-18-16(19)15-8-5-7-14(12-15)9-10-17/h13-15H,3-12,17H2,1-2H3,(H,18,19). The fourth-order valence-corrected chi connectivity index (χ4v) is 3.06. The lowest BCUT2D eigenvalue weighted by Crippen LogP contribution is -2.34. The molecule has 3 N–H and O–H groups in total. The molecule has 0 saturated heterocycles. The summed E-state index contributed by atoms with van der Waals surface area (Å²) in [6.45, 7) is 6.11. The normalized spacial score (nSPS) is 23.6. The predicted octanol–water partition coefficient (Wildman–Crippen LogP) is 3.08. The lowest BCUT2D eigenvalue weighted by atomic mass is 9.79. The Hall–Kier alpha value is -0.570. The van der Waals surface area contributed by atoms with Crippen LogP contribution in [-0.4, -0.2) is 19.0 Å². The molecule has 1 saturated carbocycles. The van der Waals surface area contributed by atoms with Gasteiger partial charge in [-0.05, 0) is 44.1 Å². The maximum atomic E-state index is 12.1. The number of nitrogens with two attached hydrogens (primary N) is 1. The van der Waals surface area contributed by atoms with Crippen LogP contribution in [-0.2, 0) is 4.79 Å². The van der Waals surface area contributed by atoms with Gasteiger partial charge in [-0.1, -0.05) is 39.5 Å². The van der Waals surface area contributed by atoms with Crippen molar-refractivity contribution in [3.63, 3.8) is 0 Å². The molecule has 0 bridgehead atoms. The van der Waals surface area contributed by atoms with E-state index in [-0.39, 0.29) is 11.8 Å². The van der Waals surface area contributed by atoms with Gasteiger partial charge in [0, 0.05) is 12.5 Å². The quantitative estimate of drug-likeness (QED) is 0.665. The van der Waals surface area contributed by atoms with E-state index in [0.717, 1.165) is 44.7 Å². The van der Waals surface area contributed by atoms with Gasteiger partial charge in [-0.3, -0.25) is 4.79 Å². The van der Waals surface area contributed by atoms with Gasteiger partial charge < -0.3 is 11.1 Å². The van der Waals surface area contributed by atoms with Gasteiger partial charge in [0.25, 0.3) is 0 Å². The summed E-state index contributed by atoms with van der Waals surface area (Å²) >= 11 is 0. The van der Waals surface area contributed by atoms with Gasteiger partial charge in [0.2, 0.25) is 5.91 Å². The Bertz CT molecular complexity index is 251. The third kappa shape index (κ3) is 6.95. The van der Waals surface area contributed by atoms with Crippen molar-refractivity contribution in [1.29, 1.82) is 0 Å². The summed E-state index contributed by atoms with van der Waals surface area (Å²) < 4.78 is 0. The predicted molar refractivity (Wildman–Crippen MR) is 80.8 cm³/mol. The van der Waals surface area contributed by atoms with E-state index in [1.54, 1.807) is 0 Å². The molecule has 0 spiro atoms. The molecular weight excluding hydrogens is 236 g/mol. The molecule has 2 atom stereocenters. The van der Waals surface area contributed by atoms with Gasteiger partial charge in [-0.25, -0.2) is 0 Å². The van der Waals surface area contributed by atoms with Gasteiger partial charge in [-0.15, -0.1) is 0 Å². The maximum absolute atomic E-state index is 12.1. The molecule has 1 amide bonds. The van der Waals surface area contributed by atoms with Crippen molar-refractivity contribution in [3.05, 3.63) is 0 Å².